The number of likely N-dealkylation sites (tertiary alicyclic amines) is 1. The standard InChI is InChI=1S/C31H30F2N6O/c1-21(14-23(17-34-2)19-39-13-12-31(32,33)20-39)24-8-11-28-27(16-24)29(38-37-28)30(40)36-26-10-9-25(35-18-26)15-22-6-4-3-5-7-22/h3-11,14,16-18H,2,12-13,15,19-20H2,1H3,(H,36,40)(H,37,38)/b21-14+,23-17+. The third kappa shape index (κ3) is 6.55. The number of H-pyrrole nitrogens is 1. The number of aliphatic imine (C=N–C) groups is 1. The molecule has 1 saturated heterocycles. The molecular weight excluding hydrogens is 510 g/mol. The van der Waals surface area contributed by atoms with E-state index >= 15 is 0 Å². The summed E-state index contributed by atoms with van der Waals surface area (Å²) in [5, 5.41) is 10.7. The number of hydrogen-bond donors (Lipinski definition) is 2. The van der Waals surface area contributed by atoms with Crippen LogP contribution in [0.3, 0.4) is 0 Å². The SMILES string of the molecule is C=N/C=C(\C=C(/C)c1ccc2[nH]nc(C(=O)Nc3ccc(Cc4ccccc4)nc3)c2c1)CN1CCC(F)(F)C1. The fraction of sp³-hybridized carbons (Fsp3) is 0.226. The number of fused-ring (bicyclic) bond motifs is 1. The first-order chi connectivity index (χ1) is 19.3. The Morgan fingerprint density at radius 2 is 2.02 bits per heavy atom. The summed E-state index contributed by atoms with van der Waals surface area (Å²) in [6.07, 6.45) is 5.71. The van der Waals surface area contributed by atoms with Gasteiger partial charge in [-0.2, -0.15) is 5.10 Å². The Morgan fingerprint density at radius 3 is 2.73 bits per heavy atom. The molecule has 1 fully saturated rings. The Labute approximate surface area is 231 Å². The molecule has 0 unspecified atom stereocenters. The van der Waals surface area contributed by atoms with Crippen molar-refractivity contribution < 1.29 is 13.6 Å². The molecule has 2 N–H and O–H groups in total. The van der Waals surface area contributed by atoms with Crippen molar-refractivity contribution in [1.29, 1.82) is 0 Å². The number of carbonyl (C=O) groups excluding carboxylic acids is 1. The van der Waals surface area contributed by atoms with E-state index in [1.807, 2.05) is 73.7 Å². The fourth-order valence-electron chi connectivity index (χ4n) is 4.83. The maximum atomic E-state index is 13.7. The van der Waals surface area contributed by atoms with E-state index in [4.69, 9.17) is 0 Å². The lowest BCUT2D eigenvalue weighted by Crippen LogP contribution is -2.26. The highest BCUT2D eigenvalue weighted by atomic mass is 19.3. The molecule has 2 aromatic heterocycles. The van der Waals surface area contributed by atoms with Gasteiger partial charge in [-0.05, 0) is 60.2 Å². The van der Waals surface area contributed by atoms with Crippen molar-refractivity contribution in [1.82, 2.24) is 20.1 Å². The first-order valence-electron chi connectivity index (χ1n) is 13.0. The lowest BCUT2D eigenvalue weighted by Gasteiger charge is -2.16. The molecule has 0 radical (unpaired) electrons. The molecule has 1 amide bonds. The van der Waals surface area contributed by atoms with Crippen LogP contribution >= 0.6 is 0 Å². The molecule has 40 heavy (non-hydrogen) atoms. The van der Waals surface area contributed by atoms with Crippen LogP contribution in [0.5, 0.6) is 0 Å². The van der Waals surface area contributed by atoms with Crippen LogP contribution in [0.4, 0.5) is 14.5 Å². The Morgan fingerprint density at radius 1 is 1.20 bits per heavy atom. The minimum absolute atomic E-state index is 0.139. The second kappa shape index (κ2) is 11.7. The number of aromatic nitrogens is 3. The summed E-state index contributed by atoms with van der Waals surface area (Å²) in [5.74, 6) is -3.01. The van der Waals surface area contributed by atoms with Gasteiger partial charge >= 0.3 is 0 Å². The number of nitrogens with zero attached hydrogens (tertiary/aromatic N) is 4. The van der Waals surface area contributed by atoms with Crippen molar-refractivity contribution in [2.45, 2.75) is 25.7 Å². The van der Waals surface area contributed by atoms with Crippen LogP contribution in [0.1, 0.15) is 40.7 Å². The van der Waals surface area contributed by atoms with Gasteiger partial charge in [0.2, 0.25) is 0 Å². The number of benzene rings is 2. The Hall–Kier alpha value is -4.50. The van der Waals surface area contributed by atoms with Crippen molar-refractivity contribution >= 4 is 34.8 Å². The van der Waals surface area contributed by atoms with E-state index in [9.17, 15) is 13.6 Å². The highest BCUT2D eigenvalue weighted by Crippen LogP contribution is 2.28. The van der Waals surface area contributed by atoms with E-state index in [2.05, 4.69) is 32.2 Å². The van der Waals surface area contributed by atoms with E-state index < -0.39 is 5.92 Å². The third-order valence-electron chi connectivity index (χ3n) is 6.86. The number of aromatic amines is 1. The lowest BCUT2D eigenvalue weighted by molar-refractivity contribution is 0.0131. The Balaban J connectivity index is 1.30. The van der Waals surface area contributed by atoms with Gasteiger partial charge in [0.25, 0.3) is 11.8 Å². The summed E-state index contributed by atoms with van der Waals surface area (Å²) in [7, 11) is 0. The zero-order valence-corrected chi connectivity index (χ0v) is 22.2. The van der Waals surface area contributed by atoms with Gasteiger partial charge in [-0.3, -0.25) is 24.8 Å². The molecule has 1 aliphatic heterocycles. The fourth-order valence-corrected chi connectivity index (χ4v) is 4.83. The second-order valence-corrected chi connectivity index (χ2v) is 10.0. The summed E-state index contributed by atoms with van der Waals surface area (Å²) >= 11 is 0. The predicted octanol–water partition coefficient (Wildman–Crippen LogP) is 6.13. The summed E-state index contributed by atoms with van der Waals surface area (Å²) < 4.78 is 27.3. The first-order valence-corrected chi connectivity index (χ1v) is 13.0. The van der Waals surface area contributed by atoms with Crippen LogP contribution in [0.2, 0.25) is 0 Å². The number of nitrogens with one attached hydrogen (secondary N) is 2. The molecule has 3 heterocycles. The smallest absolute Gasteiger partial charge is 0.276 e. The van der Waals surface area contributed by atoms with Crippen molar-refractivity contribution in [3.8, 4) is 0 Å². The van der Waals surface area contributed by atoms with Crippen molar-refractivity contribution in [3.05, 3.63) is 107 Å². The van der Waals surface area contributed by atoms with E-state index in [-0.39, 0.29) is 24.6 Å². The van der Waals surface area contributed by atoms with Crippen LogP contribution in [-0.4, -0.2) is 58.3 Å². The van der Waals surface area contributed by atoms with E-state index in [0.29, 0.717) is 30.6 Å². The highest BCUT2D eigenvalue weighted by Gasteiger charge is 2.38. The van der Waals surface area contributed by atoms with Gasteiger partial charge in [-0.15, -0.1) is 0 Å². The van der Waals surface area contributed by atoms with Gasteiger partial charge in [0.15, 0.2) is 5.69 Å². The molecule has 0 saturated carbocycles. The summed E-state index contributed by atoms with van der Waals surface area (Å²) in [6, 6.07) is 19.5. The molecular formula is C31H30F2N6O. The monoisotopic (exact) mass is 540 g/mol. The zero-order valence-electron chi connectivity index (χ0n) is 22.2. The average Bonchev–Trinajstić information content (AvgIpc) is 3.52. The molecule has 5 rings (SSSR count). The van der Waals surface area contributed by atoms with Crippen molar-refractivity contribution in [2.24, 2.45) is 4.99 Å². The molecule has 9 heteroatoms. The van der Waals surface area contributed by atoms with E-state index in [1.54, 1.807) is 17.3 Å². The molecule has 4 aromatic rings. The van der Waals surface area contributed by atoms with Gasteiger partial charge in [0.1, 0.15) is 0 Å². The molecule has 0 spiro atoms. The number of hydrogen-bond acceptors (Lipinski definition) is 5. The minimum Gasteiger partial charge on any atom is -0.319 e. The Kier molecular flexibility index (Phi) is 7.93. The van der Waals surface area contributed by atoms with Gasteiger partial charge in [0, 0.05) is 43.2 Å². The van der Waals surface area contributed by atoms with Crippen LogP contribution < -0.4 is 5.32 Å². The number of rotatable bonds is 9. The number of anilines is 1. The summed E-state index contributed by atoms with van der Waals surface area (Å²) in [4.78, 5) is 23.2. The van der Waals surface area contributed by atoms with E-state index in [0.717, 1.165) is 33.5 Å². The maximum Gasteiger partial charge on any atom is 0.276 e. The molecule has 1 aliphatic rings. The van der Waals surface area contributed by atoms with Gasteiger partial charge in [-0.1, -0.05) is 42.5 Å². The molecule has 0 atom stereocenters. The van der Waals surface area contributed by atoms with Gasteiger partial charge in [-0.25, -0.2) is 8.78 Å². The van der Waals surface area contributed by atoms with Crippen LogP contribution in [0.25, 0.3) is 16.5 Å². The lowest BCUT2D eigenvalue weighted by atomic mass is 10.0. The number of amides is 1. The second-order valence-electron chi connectivity index (χ2n) is 10.0. The first kappa shape index (κ1) is 27.1. The molecule has 2 aromatic carbocycles. The molecule has 204 valence electrons. The van der Waals surface area contributed by atoms with Crippen LogP contribution in [0.15, 0.2) is 89.7 Å². The van der Waals surface area contributed by atoms with Crippen LogP contribution in [-0.2, 0) is 6.42 Å². The van der Waals surface area contributed by atoms with Gasteiger partial charge < -0.3 is 5.32 Å². The normalized spacial score (nSPS) is 15.9. The number of carbonyl (C=O) groups is 1. The molecule has 0 bridgehead atoms. The van der Waals surface area contributed by atoms with E-state index in [1.165, 1.54) is 0 Å². The third-order valence-corrected chi connectivity index (χ3v) is 6.86. The largest absolute Gasteiger partial charge is 0.319 e. The molecule has 0 aliphatic carbocycles. The number of halogens is 2. The van der Waals surface area contributed by atoms with Crippen molar-refractivity contribution in [3.63, 3.8) is 0 Å². The predicted molar refractivity (Wildman–Crippen MR) is 155 cm³/mol. The minimum atomic E-state index is -2.66. The number of pyridine rings is 1. The zero-order chi connectivity index (χ0) is 28.1. The quantitative estimate of drug-likeness (QED) is 0.198. The number of allylic oxidation sites excluding steroid dienone is 1. The van der Waals surface area contributed by atoms with Crippen molar-refractivity contribution in [2.75, 3.05) is 25.0 Å². The average molecular weight is 541 g/mol. The number of alkyl halides is 2. The molecule has 7 nitrogen and oxygen atoms in total. The van der Waals surface area contributed by atoms with Gasteiger partial charge in [0.05, 0.1) is 23.9 Å². The maximum absolute atomic E-state index is 13.7. The summed E-state index contributed by atoms with van der Waals surface area (Å²) in [6.45, 7) is 5.87. The Bertz CT molecular complexity index is 1570. The summed E-state index contributed by atoms with van der Waals surface area (Å²) in [5.41, 5.74) is 6.17. The van der Waals surface area contributed by atoms with Crippen LogP contribution in [0, 0.1) is 0 Å². The highest BCUT2D eigenvalue weighted by molar-refractivity contribution is 6.11. The topological polar surface area (TPSA) is 86.3 Å².